The van der Waals surface area contributed by atoms with Crippen molar-refractivity contribution in [3.05, 3.63) is 46.1 Å². The van der Waals surface area contributed by atoms with E-state index < -0.39 is 4.92 Å². The molecule has 0 unspecified atom stereocenters. The molecular formula is C11H13NO3. The lowest BCUT2D eigenvalue weighted by Crippen LogP contribution is -1.94. The van der Waals surface area contributed by atoms with E-state index in [0.717, 1.165) is 23.9 Å². The average Bonchev–Trinajstić information content (AvgIpc) is 2.25. The van der Waals surface area contributed by atoms with E-state index in [1.54, 1.807) is 24.3 Å². The molecule has 0 atom stereocenters. The summed E-state index contributed by atoms with van der Waals surface area (Å²) in [6, 6.07) is 7.17. The molecule has 0 aliphatic rings. The Balaban J connectivity index is 2.60. The largest absolute Gasteiger partial charge is 0.494 e. The first-order valence-corrected chi connectivity index (χ1v) is 4.77. The van der Waals surface area contributed by atoms with E-state index in [9.17, 15) is 10.1 Å². The monoisotopic (exact) mass is 207 g/mol. The van der Waals surface area contributed by atoms with Gasteiger partial charge in [-0.15, -0.1) is 0 Å². The SMILES string of the molecule is CCCOc1ccc(/C=C/[N+](=O)[O-])cc1. The topological polar surface area (TPSA) is 52.4 Å². The van der Waals surface area contributed by atoms with E-state index in [1.165, 1.54) is 6.08 Å². The van der Waals surface area contributed by atoms with Crippen molar-refractivity contribution in [1.29, 1.82) is 0 Å². The zero-order valence-corrected chi connectivity index (χ0v) is 8.55. The minimum Gasteiger partial charge on any atom is -0.494 e. The van der Waals surface area contributed by atoms with Crippen molar-refractivity contribution >= 4 is 6.08 Å². The van der Waals surface area contributed by atoms with Gasteiger partial charge >= 0.3 is 0 Å². The first-order chi connectivity index (χ1) is 7.22. The Morgan fingerprint density at radius 3 is 2.60 bits per heavy atom. The number of hydrogen-bond acceptors (Lipinski definition) is 3. The van der Waals surface area contributed by atoms with E-state index in [1.807, 2.05) is 6.92 Å². The molecule has 0 spiro atoms. The van der Waals surface area contributed by atoms with Crippen LogP contribution in [-0.4, -0.2) is 11.5 Å². The number of hydrogen-bond donors (Lipinski definition) is 0. The van der Waals surface area contributed by atoms with Crippen molar-refractivity contribution in [3.8, 4) is 5.75 Å². The first kappa shape index (κ1) is 11.2. The number of nitro groups is 1. The Labute approximate surface area is 88.3 Å². The Morgan fingerprint density at radius 2 is 2.07 bits per heavy atom. The van der Waals surface area contributed by atoms with Gasteiger partial charge in [-0.3, -0.25) is 10.1 Å². The van der Waals surface area contributed by atoms with E-state index in [-0.39, 0.29) is 0 Å². The van der Waals surface area contributed by atoms with Crippen LogP contribution in [0.4, 0.5) is 0 Å². The van der Waals surface area contributed by atoms with Gasteiger partial charge in [0.2, 0.25) is 6.20 Å². The van der Waals surface area contributed by atoms with Gasteiger partial charge in [0.25, 0.3) is 0 Å². The molecule has 0 aliphatic carbocycles. The van der Waals surface area contributed by atoms with Crippen LogP contribution in [0.3, 0.4) is 0 Å². The number of rotatable bonds is 5. The average molecular weight is 207 g/mol. The third-order valence-electron chi connectivity index (χ3n) is 1.74. The lowest BCUT2D eigenvalue weighted by atomic mass is 10.2. The van der Waals surface area contributed by atoms with Gasteiger partial charge in [0.05, 0.1) is 11.5 Å². The summed E-state index contributed by atoms with van der Waals surface area (Å²) >= 11 is 0. The van der Waals surface area contributed by atoms with Crippen LogP contribution in [0.2, 0.25) is 0 Å². The highest BCUT2D eigenvalue weighted by molar-refractivity contribution is 5.49. The maximum Gasteiger partial charge on any atom is 0.235 e. The van der Waals surface area contributed by atoms with Crippen LogP contribution in [0, 0.1) is 10.1 Å². The summed E-state index contributed by atoms with van der Waals surface area (Å²) in [5, 5.41) is 10.1. The first-order valence-electron chi connectivity index (χ1n) is 4.77. The molecule has 1 aromatic rings. The third kappa shape index (κ3) is 4.26. The van der Waals surface area contributed by atoms with Crippen molar-refractivity contribution < 1.29 is 9.66 Å². The van der Waals surface area contributed by atoms with Crippen LogP contribution in [-0.2, 0) is 0 Å². The second-order valence-electron chi connectivity index (χ2n) is 3.02. The molecule has 0 aromatic heterocycles. The molecule has 0 saturated heterocycles. The smallest absolute Gasteiger partial charge is 0.235 e. The fraction of sp³-hybridized carbons (Fsp3) is 0.273. The second-order valence-corrected chi connectivity index (χ2v) is 3.02. The van der Waals surface area contributed by atoms with Crippen molar-refractivity contribution in [3.63, 3.8) is 0 Å². The third-order valence-corrected chi connectivity index (χ3v) is 1.74. The van der Waals surface area contributed by atoms with E-state index in [2.05, 4.69) is 0 Å². The van der Waals surface area contributed by atoms with Gasteiger partial charge in [-0.2, -0.15) is 0 Å². The fourth-order valence-corrected chi connectivity index (χ4v) is 1.04. The maximum absolute atomic E-state index is 10.1. The summed E-state index contributed by atoms with van der Waals surface area (Å²) in [4.78, 5) is 9.59. The van der Waals surface area contributed by atoms with Crippen molar-refractivity contribution in [2.45, 2.75) is 13.3 Å². The molecule has 0 saturated carbocycles. The summed E-state index contributed by atoms with van der Waals surface area (Å²) in [6.45, 7) is 2.72. The molecule has 0 bridgehead atoms. The quantitative estimate of drug-likeness (QED) is 0.551. The van der Waals surface area contributed by atoms with Crippen molar-refractivity contribution in [2.75, 3.05) is 6.61 Å². The van der Waals surface area contributed by atoms with Crippen LogP contribution in [0.15, 0.2) is 30.5 Å². The lowest BCUT2D eigenvalue weighted by molar-refractivity contribution is -0.400. The van der Waals surface area contributed by atoms with Gasteiger partial charge in [-0.1, -0.05) is 19.1 Å². The number of nitrogens with zero attached hydrogens (tertiary/aromatic N) is 1. The van der Waals surface area contributed by atoms with Crippen LogP contribution >= 0.6 is 0 Å². The lowest BCUT2D eigenvalue weighted by Gasteiger charge is -2.03. The van der Waals surface area contributed by atoms with E-state index in [4.69, 9.17) is 4.74 Å². The van der Waals surface area contributed by atoms with Gasteiger partial charge in [0, 0.05) is 6.08 Å². The maximum atomic E-state index is 10.1. The Hall–Kier alpha value is -1.84. The fourth-order valence-electron chi connectivity index (χ4n) is 1.04. The van der Waals surface area contributed by atoms with Crippen LogP contribution in [0.1, 0.15) is 18.9 Å². The molecule has 1 aromatic carbocycles. The highest BCUT2D eigenvalue weighted by Crippen LogP contribution is 2.13. The van der Waals surface area contributed by atoms with Gasteiger partial charge in [-0.25, -0.2) is 0 Å². The van der Waals surface area contributed by atoms with Crippen LogP contribution < -0.4 is 4.74 Å². The molecule has 0 heterocycles. The molecule has 15 heavy (non-hydrogen) atoms. The molecule has 80 valence electrons. The Morgan fingerprint density at radius 1 is 1.40 bits per heavy atom. The zero-order valence-electron chi connectivity index (χ0n) is 8.55. The summed E-state index contributed by atoms with van der Waals surface area (Å²) in [5.74, 6) is 0.787. The molecule has 0 aliphatic heterocycles. The van der Waals surface area contributed by atoms with E-state index >= 15 is 0 Å². The Kier molecular flexibility index (Phi) is 4.34. The zero-order chi connectivity index (χ0) is 11.1. The van der Waals surface area contributed by atoms with Gasteiger partial charge in [-0.05, 0) is 24.1 Å². The summed E-state index contributed by atoms with van der Waals surface area (Å²) in [7, 11) is 0. The minimum absolute atomic E-state index is 0.485. The van der Waals surface area contributed by atoms with E-state index in [0.29, 0.717) is 6.61 Å². The highest BCUT2D eigenvalue weighted by Gasteiger charge is 1.93. The molecule has 0 N–H and O–H groups in total. The minimum atomic E-state index is -0.485. The summed E-state index contributed by atoms with van der Waals surface area (Å²) in [5.41, 5.74) is 0.788. The van der Waals surface area contributed by atoms with Crippen molar-refractivity contribution in [1.82, 2.24) is 0 Å². The summed E-state index contributed by atoms with van der Waals surface area (Å²) in [6.07, 6.45) is 3.33. The second kappa shape index (κ2) is 5.80. The van der Waals surface area contributed by atoms with Gasteiger partial charge < -0.3 is 4.74 Å². The molecule has 4 heteroatoms. The predicted molar refractivity (Wildman–Crippen MR) is 58.3 cm³/mol. The highest BCUT2D eigenvalue weighted by atomic mass is 16.6. The predicted octanol–water partition coefficient (Wildman–Crippen LogP) is 2.72. The van der Waals surface area contributed by atoms with Gasteiger partial charge in [0.1, 0.15) is 5.75 Å². The summed E-state index contributed by atoms with van der Waals surface area (Å²) < 4.78 is 5.38. The number of ether oxygens (including phenoxy) is 1. The normalized spacial score (nSPS) is 10.5. The Bertz CT molecular complexity index is 343. The standard InChI is InChI=1S/C11H13NO3/c1-2-9-15-11-5-3-10(4-6-11)7-8-12(13)14/h3-8H,2,9H2,1H3/b8-7+. The molecule has 4 nitrogen and oxygen atoms in total. The molecule has 0 fully saturated rings. The number of benzene rings is 1. The molecular weight excluding hydrogens is 194 g/mol. The molecule has 1 rings (SSSR count). The van der Waals surface area contributed by atoms with Crippen LogP contribution in [0.5, 0.6) is 5.75 Å². The van der Waals surface area contributed by atoms with Gasteiger partial charge in [0.15, 0.2) is 0 Å². The molecule has 0 radical (unpaired) electrons. The molecule has 0 amide bonds. The van der Waals surface area contributed by atoms with Crippen LogP contribution in [0.25, 0.3) is 6.08 Å². The van der Waals surface area contributed by atoms with Crippen molar-refractivity contribution in [2.24, 2.45) is 0 Å².